The molecular formula is C27H26F3N5O4S. The summed E-state index contributed by atoms with van der Waals surface area (Å²) in [4.78, 5) is 7.95. The molecule has 0 bridgehead atoms. The molecule has 4 aromatic rings. The number of halogens is 3. The van der Waals surface area contributed by atoms with Gasteiger partial charge in [0, 0.05) is 11.1 Å². The van der Waals surface area contributed by atoms with E-state index in [0.29, 0.717) is 0 Å². The fourth-order valence-electron chi connectivity index (χ4n) is 4.31. The molecule has 1 atom stereocenters. The van der Waals surface area contributed by atoms with Gasteiger partial charge in [0.15, 0.2) is 0 Å². The number of fused-ring (bicyclic) bond motifs is 2. The monoisotopic (exact) mass is 573 g/mol. The highest BCUT2D eigenvalue weighted by molar-refractivity contribution is 7.92. The topological polar surface area (TPSA) is 121 Å². The van der Waals surface area contributed by atoms with Crippen molar-refractivity contribution in [1.29, 1.82) is 0 Å². The summed E-state index contributed by atoms with van der Waals surface area (Å²) < 4.78 is 75.0. The summed E-state index contributed by atoms with van der Waals surface area (Å²) in [6, 6.07) is 13.1. The van der Waals surface area contributed by atoms with Gasteiger partial charge in [-0.15, -0.1) is 0 Å². The van der Waals surface area contributed by atoms with E-state index in [1.807, 2.05) is 20.8 Å². The lowest BCUT2D eigenvalue weighted by molar-refractivity contribution is -0.141. The fourth-order valence-corrected chi connectivity index (χ4v) is 5.79. The number of para-hydroxylation sites is 1. The number of nitrogens with one attached hydrogen (secondary N) is 1. The lowest BCUT2D eigenvalue weighted by atomic mass is 9.87. The molecule has 1 aliphatic rings. The highest BCUT2D eigenvalue weighted by Gasteiger charge is 2.37. The summed E-state index contributed by atoms with van der Waals surface area (Å²) >= 11 is 0. The van der Waals surface area contributed by atoms with E-state index in [0.717, 1.165) is 15.9 Å². The molecule has 0 radical (unpaired) electrons. The van der Waals surface area contributed by atoms with Crippen LogP contribution in [0.1, 0.15) is 56.5 Å². The predicted molar refractivity (Wildman–Crippen MR) is 141 cm³/mol. The molecule has 0 unspecified atom stereocenters. The van der Waals surface area contributed by atoms with Crippen molar-refractivity contribution in [2.45, 2.75) is 56.8 Å². The van der Waals surface area contributed by atoms with E-state index < -0.39 is 28.0 Å². The van der Waals surface area contributed by atoms with Crippen molar-refractivity contribution < 1.29 is 31.2 Å². The Balaban J connectivity index is 1.72. The van der Waals surface area contributed by atoms with E-state index in [1.165, 1.54) is 31.2 Å². The van der Waals surface area contributed by atoms with E-state index in [9.17, 15) is 26.7 Å². The zero-order valence-electron chi connectivity index (χ0n) is 22.0. The number of alkyl halides is 3. The van der Waals surface area contributed by atoms with Crippen LogP contribution < -0.4 is 9.62 Å². The van der Waals surface area contributed by atoms with Crippen LogP contribution in [-0.2, 0) is 28.2 Å². The standard InChI is InChI=1S/C27H26F3N5O4S/c1-15(36)25-33-24(34-39-25)19-6-5-7-20-22(19)35(14-16-8-13-21(27(28,29)30)32-23(16)31-20)40(37,38)18-11-9-17(10-12-18)26(2,3)4/h5-13,15,36H,14H2,1-4H3,(H,31,32)/t15-/m0/s1. The third-order valence-electron chi connectivity index (χ3n) is 6.47. The molecule has 2 aromatic carbocycles. The van der Waals surface area contributed by atoms with Crippen LogP contribution in [0.3, 0.4) is 0 Å². The van der Waals surface area contributed by atoms with E-state index >= 15 is 0 Å². The predicted octanol–water partition coefficient (Wildman–Crippen LogP) is 5.95. The Hall–Kier alpha value is -3.97. The molecule has 0 fully saturated rings. The second-order valence-corrected chi connectivity index (χ2v) is 12.3. The quantitative estimate of drug-likeness (QED) is 0.307. The smallest absolute Gasteiger partial charge is 0.384 e. The summed E-state index contributed by atoms with van der Waals surface area (Å²) in [6.45, 7) is 7.12. The van der Waals surface area contributed by atoms with Crippen molar-refractivity contribution in [3.8, 4) is 11.4 Å². The molecular weight excluding hydrogens is 547 g/mol. The highest BCUT2D eigenvalue weighted by Crippen LogP contribution is 2.44. The van der Waals surface area contributed by atoms with Crippen molar-refractivity contribution in [3.05, 3.63) is 77.3 Å². The van der Waals surface area contributed by atoms with Crippen molar-refractivity contribution in [2.75, 3.05) is 9.62 Å². The largest absolute Gasteiger partial charge is 0.433 e. The van der Waals surface area contributed by atoms with Gasteiger partial charge in [0.1, 0.15) is 17.6 Å². The summed E-state index contributed by atoms with van der Waals surface area (Å²) in [7, 11) is -4.27. The Labute approximate surface area is 228 Å². The average Bonchev–Trinajstić information content (AvgIpc) is 3.31. The SMILES string of the molecule is C[C@H](O)c1nc(-c2cccc3c2N(S(=O)(=O)c2ccc(C(C)(C)C)cc2)Cc2ccc(C(F)(F)F)nc2N3)no1. The van der Waals surface area contributed by atoms with Crippen LogP contribution in [0.15, 0.2) is 64.0 Å². The number of hydrogen-bond acceptors (Lipinski definition) is 8. The van der Waals surface area contributed by atoms with Gasteiger partial charge in [0.25, 0.3) is 15.9 Å². The molecule has 1 aliphatic heterocycles. The number of anilines is 3. The van der Waals surface area contributed by atoms with Crippen molar-refractivity contribution in [3.63, 3.8) is 0 Å². The second kappa shape index (κ2) is 9.59. The Kier molecular flexibility index (Phi) is 6.62. The number of nitrogens with zero attached hydrogens (tertiary/aromatic N) is 4. The van der Waals surface area contributed by atoms with Crippen LogP contribution in [0.2, 0.25) is 0 Å². The average molecular weight is 574 g/mol. The third kappa shape index (κ3) is 5.02. The van der Waals surface area contributed by atoms with E-state index in [-0.39, 0.29) is 56.9 Å². The molecule has 0 saturated carbocycles. The molecule has 0 aliphatic carbocycles. The van der Waals surface area contributed by atoms with Gasteiger partial charge in [-0.3, -0.25) is 4.31 Å². The number of sulfonamides is 1. The number of rotatable bonds is 4. The molecule has 0 amide bonds. The maximum atomic E-state index is 14.2. The molecule has 3 heterocycles. The molecule has 2 aromatic heterocycles. The van der Waals surface area contributed by atoms with Crippen molar-refractivity contribution in [2.24, 2.45) is 0 Å². The molecule has 5 rings (SSSR count). The van der Waals surface area contributed by atoms with Crippen LogP contribution in [0.4, 0.5) is 30.4 Å². The van der Waals surface area contributed by atoms with Crippen LogP contribution in [-0.4, -0.2) is 28.6 Å². The second-order valence-electron chi connectivity index (χ2n) is 10.4. The minimum absolute atomic E-state index is 0.00673. The minimum atomic E-state index is -4.70. The zero-order chi connectivity index (χ0) is 29.0. The fraction of sp³-hybridized carbons (Fsp3) is 0.296. The van der Waals surface area contributed by atoms with E-state index in [4.69, 9.17) is 4.52 Å². The van der Waals surface area contributed by atoms with Gasteiger partial charge in [0.05, 0.1) is 22.8 Å². The molecule has 9 nitrogen and oxygen atoms in total. The number of hydrogen-bond donors (Lipinski definition) is 2. The first kappa shape index (κ1) is 27.6. The number of aliphatic hydroxyl groups excluding tert-OH is 1. The Bertz CT molecular complexity index is 1680. The van der Waals surface area contributed by atoms with Crippen LogP contribution in [0.25, 0.3) is 11.4 Å². The Morgan fingerprint density at radius 2 is 1.73 bits per heavy atom. The summed E-state index contributed by atoms with van der Waals surface area (Å²) in [5.41, 5.74) is 0.299. The highest BCUT2D eigenvalue weighted by atomic mass is 32.2. The van der Waals surface area contributed by atoms with Gasteiger partial charge in [-0.25, -0.2) is 13.4 Å². The molecule has 0 spiro atoms. The Morgan fingerprint density at radius 3 is 2.33 bits per heavy atom. The van der Waals surface area contributed by atoms with Crippen LogP contribution in [0, 0.1) is 0 Å². The van der Waals surface area contributed by atoms with Gasteiger partial charge in [-0.05, 0) is 48.2 Å². The summed E-state index contributed by atoms with van der Waals surface area (Å²) in [5.74, 6) is -0.222. The molecule has 13 heteroatoms. The summed E-state index contributed by atoms with van der Waals surface area (Å²) in [5, 5.41) is 16.7. The third-order valence-corrected chi connectivity index (χ3v) is 8.23. The van der Waals surface area contributed by atoms with Gasteiger partial charge in [-0.2, -0.15) is 18.2 Å². The number of pyridine rings is 1. The Morgan fingerprint density at radius 1 is 1.02 bits per heavy atom. The number of benzene rings is 2. The van der Waals surface area contributed by atoms with Crippen LogP contribution >= 0.6 is 0 Å². The van der Waals surface area contributed by atoms with Gasteiger partial charge in [0.2, 0.25) is 5.82 Å². The zero-order valence-corrected chi connectivity index (χ0v) is 22.8. The molecule has 0 saturated heterocycles. The first-order chi connectivity index (χ1) is 18.7. The maximum Gasteiger partial charge on any atom is 0.433 e. The number of aliphatic hydroxyl groups is 1. The summed E-state index contributed by atoms with van der Waals surface area (Å²) in [6.07, 6.45) is -5.77. The molecule has 40 heavy (non-hydrogen) atoms. The van der Waals surface area contributed by atoms with Crippen molar-refractivity contribution in [1.82, 2.24) is 15.1 Å². The lowest BCUT2D eigenvalue weighted by Gasteiger charge is -2.26. The lowest BCUT2D eigenvalue weighted by Crippen LogP contribution is -2.31. The first-order valence-electron chi connectivity index (χ1n) is 12.3. The van der Waals surface area contributed by atoms with E-state index in [2.05, 4.69) is 20.4 Å². The number of aromatic nitrogens is 3. The first-order valence-corrected chi connectivity index (χ1v) is 13.7. The van der Waals surface area contributed by atoms with E-state index in [1.54, 1.807) is 24.3 Å². The molecule has 210 valence electrons. The van der Waals surface area contributed by atoms with Gasteiger partial charge in [-0.1, -0.05) is 50.2 Å². The normalized spacial score (nSPS) is 14.7. The van der Waals surface area contributed by atoms with Gasteiger partial charge < -0.3 is 14.9 Å². The van der Waals surface area contributed by atoms with Gasteiger partial charge >= 0.3 is 6.18 Å². The molecule has 2 N–H and O–H groups in total. The van der Waals surface area contributed by atoms with Crippen molar-refractivity contribution >= 4 is 27.2 Å². The maximum absolute atomic E-state index is 14.2. The van der Waals surface area contributed by atoms with Crippen LogP contribution in [0.5, 0.6) is 0 Å². The minimum Gasteiger partial charge on any atom is -0.384 e.